The van der Waals surface area contributed by atoms with E-state index >= 15 is 0 Å². The van der Waals surface area contributed by atoms with Crippen LogP contribution in [0.25, 0.3) is 0 Å². The summed E-state index contributed by atoms with van der Waals surface area (Å²) in [5.41, 5.74) is -0.209. The lowest BCUT2D eigenvalue weighted by atomic mass is 10.1. The molecule has 0 saturated heterocycles. The van der Waals surface area contributed by atoms with Gasteiger partial charge >= 0.3 is 12.1 Å². The largest absolute Gasteiger partial charge is 0.480 e. The quantitative estimate of drug-likeness (QED) is 0.896. The molecule has 0 heterocycles. The molecule has 0 spiro atoms. The minimum atomic E-state index is -4.37. The van der Waals surface area contributed by atoms with Gasteiger partial charge in [-0.25, -0.2) is 0 Å². The van der Waals surface area contributed by atoms with Gasteiger partial charge in [0.25, 0.3) is 0 Å². The lowest BCUT2D eigenvalue weighted by Crippen LogP contribution is -2.31. The summed E-state index contributed by atoms with van der Waals surface area (Å²) >= 11 is 0. The maximum atomic E-state index is 12.6. The van der Waals surface area contributed by atoms with Crippen LogP contribution in [-0.4, -0.2) is 28.6 Å². The van der Waals surface area contributed by atoms with E-state index in [1.54, 1.807) is 11.0 Å². The van der Waals surface area contributed by atoms with Gasteiger partial charge in [-0.1, -0.05) is 18.2 Å². The number of rotatable bonds is 5. The fourth-order valence-corrected chi connectivity index (χ4v) is 2.01. The number of carbonyl (C=O) groups is 1. The van der Waals surface area contributed by atoms with Crippen molar-refractivity contribution in [2.24, 2.45) is 0 Å². The molecule has 6 heteroatoms. The molecule has 0 atom stereocenters. The van der Waals surface area contributed by atoms with Gasteiger partial charge in [-0.15, -0.1) is 0 Å². The van der Waals surface area contributed by atoms with E-state index < -0.39 is 17.7 Å². The zero-order valence-electron chi connectivity index (χ0n) is 10.2. The molecule has 1 aliphatic rings. The molecule has 1 aromatic rings. The highest BCUT2D eigenvalue weighted by Gasteiger charge is 2.32. The summed E-state index contributed by atoms with van der Waals surface area (Å²) in [6, 6.07) is 5.22. The van der Waals surface area contributed by atoms with Crippen LogP contribution in [0.3, 0.4) is 0 Å². The predicted molar refractivity (Wildman–Crippen MR) is 62.5 cm³/mol. The predicted octanol–water partition coefficient (Wildman–Crippen LogP) is 2.75. The summed E-state index contributed by atoms with van der Waals surface area (Å²) in [6.45, 7) is 0.0990. The van der Waals surface area contributed by atoms with Crippen molar-refractivity contribution in [3.8, 4) is 0 Å². The summed E-state index contributed by atoms with van der Waals surface area (Å²) in [5, 5.41) is 8.80. The molecule has 0 amide bonds. The van der Waals surface area contributed by atoms with Crippen molar-refractivity contribution < 1.29 is 23.1 Å². The highest BCUT2D eigenvalue weighted by atomic mass is 19.4. The van der Waals surface area contributed by atoms with Gasteiger partial charge in [0, 0.05) is 12.6 Å². The van der Waals surface area contributed by atoms with E-state index in [0.29, 0.717) is 5.56 Å². The second-order valence-corrected chi connectivity index (χ2v) is 4.73. The van der Waals surface area contributed by atoms with Gasteiger partial charge in [0.15, 0.2) is 0 Å². The number of hydrogen-bond donors (Lipinski definition) is 1. The van der Waals surface area contributed by atoms with Gasteiger partial charge in [0.2, 0.25) is 0 Å². The van der Waals surface area contributed by atoms with E-state index in [9.17, 15) is 18.0 Å². The molecule has 19 heavy (non-hydrogen) atoms. The third-order valence-electron chi connectivity index (χ3n) is 3.04. The van der Waals surface area contributed by atoms with Crippen molar-refractivity contribution in [1.29, 1.82) is 0 Å². The minimum absolute atomic E-state index is 0.138. The van der Waals surface area contributed by atoms with E-state index in [4.69, 9.17) is 5.11 Å². The summed E-state index contributed by atoms with van der Waals surface area (Å²) in [4.78, 5) is 12.4. The van der Waals surface area contributed by atoms with Gasteiger partial charge in [-0.3, -0.25) is 9.69 Å². The van der Waals surface area contributed by atoms with Crippen molar-refractivity contribution in [1.82, 2.24) is 4.90 Å². The lowest BCUT2D eigenvalue weighted by Gasteiger charge is -2.20. The van der Waals surface area contributed by atoms with Crippen molar-refractivity contribution in [3.63, 3.8) is 0 Å². The Balaban J connectivity index is 2.10. The first-order valence-electron chi connectivity index (χ1n) is 5.98. The number of halogens is 3. The topological polar surface area (TPSA) is 40.5 Å². The number of hydrogen-bond acceptors (Lipinski definition) is 2. The standard InChI is InChI=1S/C13H14F3NO2/c14-13(15,16)10-3-1-2-9(6-10)7-17(8-12(18)19)11-4-5-11/h1-3,6,11H,4-5,7-8H2,(H,18,19). The fourth-order valence-electron chi connectivity index (χ4n) is 2.01. The summed E-state index contributed by atoms with van der Waals surface area (Å²) < 4.78 is 37.7. The van der Waals surface area contributed by atoms with Gasteiger partial charge in [-0.05, 0) is 24.5 Å². The van der Waals surface area contributed by atoms with Crippen LogP contribution in [-0.2, 0) is 17.5 Å². The average molecular weight is 273 g/mol. The van der Waals surface area contributed by atoms with E-state index in [-0.39, 0.29) is 19.1 Å². The summed E-state index contributed by atoms with van der Waals surface area (Å²) in [5.74, 6) is -0.959. The molecule has 0 radical (unpaired) electrons. The van der Waals surface area contributed by atoms with Crippen LogP contribution in [0.1, 0.15) is 24.0 Å². The smallest absolute Gasteiger partial charge is 0.416 e. The van der Waals surface area contributed by atoms with Crippen LogP contribution in [0.2, 0.25) is 0 Å². The number of carboxylic acids is 1. The summed E-state index contributed by atoms with van der Waals surface area (Å²) in [7, 11) is 0. The minimum Gasteiger partial charge on any atom is -0.480 e. The average Bonchev–Trinajstić information content (AvgIpc) is 3.10. The Kier molecular flexibility index (Phi) is 3.80. The van der Waals surface area contributed by atoms with Crippen LogP contribution >= 0.6 is 0 Å². The molecule has 0 aliphatic heterocycles. The van der Waals surface area contributed by atoms with Gasteiger partial charge < -0.3 is 5.11 Å². The van der Waals surface area contributed by atoms with Crippen molar-refractivity contribution in [3.05, 3.63) is 35.4 Å². The molecule has 1 aromatic carbocycles. The van der Waals surface area contributed by atoms with Crippen molar-refractivity contribution in [2.45, 2.75) is 31.6 Å². The number of alkyl halides is 3. The maximum Gasteiger partial charge on any atom is 0.416 e. The molecule has 0 bridgehead atoms. The molecule has 104 valence electrons. The molecule has 1 saturated carbocycles. The first-order valence-corrected chi connectivity index (χ1v) is 5.98. The molecule has 0 unspecified atom stereocenters. The summed E-state index contributed by atoms with van der Waals surface area (Å²) in [6.07, 6.45) is -2.55. The molecule has 1 aliphatic carbocycles. The second kappa shape index (κ2) is 5.21. The van der Waals surface area contributed by atoms with E-state index in [0.717, 1.165) is 25.0 Å². The SMILES string of the molecule is O=C(O)CN(Cc1cccc(C(F)(F)F)c1)C1CC1. The molecule has 0 aromatic heterocycles. The Morgan fingerprint density at radius 2 is 2.05 bits per heavy atom. The van der Waals surface area contributed by atoms with Gasteiger partial charge in [0.05, 0.1) is 12.1 Å². The van der Waals surface area contributed by atoms with Gasteiger partial charge in [-0.2, -0.15) is 13.2 Å². The highest BCUT2D eigenvalue weighted by Crippen LogP contribution is 2.31. The number of aliphatic carboxylic acids is 1. The first-order chi connectivity index (χ1) is 8.86. The Bertz CT molecular complexity index is 469. The second-order valence-electron chi connectivity index (χ2n) is 4.73. The Morgan fingerprint density at radius 3 is 2.58 bits per heavy atom. The zero-order chi connectivity index (χ0) is 14.0. The van der Waals surface area contributed by atoms with Crippen LogP contribution in [0, 0.1) is 0 Å². The lowest BCUT2D eigenvalue weighted by molar-refractivity contribution is -0.139. The van der Waals surface area contributed by atoms with E-state index in [2.05, 4.69) is 0 Å². The number of carboxylic acid groups (broad SMARTS) is 1. The Labute approximate surface area is 108 Å². The fraction of sp³-hybridized carbons (Fsp3) is 0.462. The Morgan fingerprint density at radius 1 is 1.37 bits per heavy atom. The molecule has 2 rings (SSSR count). The van der Waals surface area contributed by atoms with Crippen molar-refractivity contribution in [2.75, 3.05) is 6.54 Å². The highest BCUT2D eigenvalue weighted by molar-refractivity contribution is 5.69. The monoisotopic (exact) mass is 273 g/mol. The van der Waals surface area contributed by atoms with Crippen LogP contribution in [0.4, 0.5) is 13.2 Å². The third kappa shape index (κ3) is 3.96. The normalized spacial score (nSPS) is 15.8. The molecular formula is C13H14F3NO2. The molecule has 3 nitrogen and oxygen atoms in total. The maximum absolute atomic E-state index is 12.6. The van der Waals surface area contributed by atoms with Crippen LogP contribution in [0.5, 0.6) is 0 Å². The Hall–Kier alpha value is -1.56. The van der Waals surface area contributed by atoms with Crippen molar-refractivity contribution >= 4 is 5.97 Å². The number of nitrogens with zero attached hydrogens (tertiary/aromatic N) is 1. The number of benzene rings is 1. The van der Waals surface area contributed by atoms with Gasteiger partial charge in [0.1, 0.15) is 0 Å². The molecular weight excluding hydrogens is 259 g/mol. The molecule has 1 fully saturated rings. The van der Waals surface area contributed by atoms with E-state index in [1.165, 1.54) is 6.07 Å². The third-order valence-corrected chi connectivity index (χ3v) is 3.04. The first kappa shape index (κ1) is 13.9. The van der Waals surface area contributed by atoms with Crippen LogP contribution < -0.4 is 0 Å². The zero-order valence-corrected chi connectivity index (χ0v) is 10.2. The van der Waals surface area contributed by atoms with E-state index in [1.807, 2.05) is 0 Å². The van der Waals surface area contributed by atoms with Crippen LogP contribution in [0.15, 0.2) is 24.3 Å². The molecule has 1 N–H and O–H groups in total.